The van der Waals surface area contributed by atoms with Gasteiger partial charge >= 0.3 is 0 Å². The van der Waals surface area contributed by atoms with Crippen molar-refractivity contribution in [1.29, 1.82) is 0 Å². The highest BCUT2D eigenvalue weighted by Gasteiger charge is 2.13. The van der Waals surface area contributed by atoms with Gasteiger partial charge in [0.1, 0.15) is 11.9 Å². The largest absolute Gasteiger partial charge is 0.484 e. The summed E-state index contributed by atoms with van der Waals surface area (Å²) in [5.74, 6) is 0.913. The third-order valence-corrected chi connectivity index (χ3v) is 3.49. The lowest BCUT2D eigenvalue weighted by molar-refractivity contribution is 0.212. The topological polar surface area (TPSA) is 35.2 Å². The summed E-state index contributed by atoms with van der Waals surface area (Å²) in [4.78, 5) is 0. The molecule has 0 saturated heterocycles. The van der Waals surface area contributed by atoms with E-state index in [-0.39, 0.29) is 6.10 Å². The second-order valence-electron chi connectivity index (χ2n) is 4.95. The normalized spacial score (nSPS) is 12.2. The fraction of sp³-hybridized carbons (Fsp3) is 0.294. The first kappa shape index (κ1) is 13.6. The zero-order chi connectivity index (χ0) is 13.8. The van der Waals surface area contributed by atoms with E-state index in [1.54, 1.807) is 0 Å². The molecule has 100 valence electrons. The average Bonchev–Trinajstić information content (AvgIpc) is 2.42. The van der Waals surface area contributed by atoms with Crippen LogP contribution in [-0.4, -0.2) is 6.54 Å². The summed E-state index contributed by atoms with van der Waals surface area (Å²) in [6.07, 6.45) is -0.0962. The molecule has 1 atom stereocenters. The minimum absolute atomic E-state index is 0.0962. The van der Waals surface area contributed by atoms with Crippen LogP contribution < -0.4 is 10.5 Å². The quantitative estimate of drug-likeness (QED) is 0.904. The first-order valence-corrected chi connectivity index (χ1v) is 6.61. The van der Waals surface area contributed by atoms with E-state index in [0.29, 0.717) is 6.54 Å². The maximum atomic E-state index is 6.08. The molecule has 2 nitrogen and oxygen atoms in total. The molecule has 2 aromatic rings. The van der Waals surface area contributed by atoms with Gasteiger partial charge in [0, 0.05) is 6.54 Å². The number of benzene rings is 2. The lowest BCUT2D eigenvalue weighted by Crippen LogP contribution is -2.18. The Hall–Kier alpha value is -1.80. The Morgan fingerprint density at radius 2 is 1.68 bits per heavy atom. The van der Waals surface area contributed by atoms with Crippen LogP contribution in [0.1, 0.15) is 28.4 Å². The van der Waals surface area contributed by atoms with E-state index in [4.69, 9.17) is 10.5 Å². The van der Waals surface area contributed by atoms with Crippen molar-refractivity contribution in [2.75, 3.05) is 6.54 Å². The first-order chi connectivity index (χ1) is 9.11. The second-order valence-corrected chi connectivity index (χ2v) is 4.95. The first-order valence-electron chi connectivity index (χ1n) is 6.61. The van der Waals surface area contributed by atoms with Crippen LogP contribution in [0.3, 0.4) is 0 Å². The Morgan fingerprint density at radius 1 is 1.00 bits per heavy atom. The van der Waals surface area contributed by atoms with Crippen molar-refractivity contribution in [2.45, 2.75) is 26.9 Å². The molecule has 0 amide bonds. The van der Waals surface area contributed by atoms with Crippen LogP contribution >= 0.6 is 0 Å². The van der Waals surface area contributed by atoms with Crippen molar-refractivity contribution in [1.82, 2.24) is 0 Å². The third kappa shape index (κ3) is 3.15. The molecular formula is C17H21NO. The maximum Gasteiger partial charge on any atom is 0.136 e. The van der Waals surface area contributed by atoms with Gasteiger partial charge in [-0.2, -0.15) is 0 Å². The minimum atomic E-state index is -0.0962. The molecule has 0 radical (unpaired) electrons. The molecule has 0 spiro atoms. The summed E-state index contributed by atoms with van der Waals surface area (Å²) in [7, 11) is 0. The van der Waals surface area contributed by atoms with E-state index in [0.717, 1.165) is 11.3 Å². The summed E-state index contributed by atoms with van der Waals surface area (Å²) in [6.45, 7) is 6.71. The van der Waals surface area contributed by atoms with Gasteiger partial charge in [-0.1, -0.05) is 42.0 Å². The summed E-state index contributed by atoms with van der Waals surface area (Å²) in [5.41, 5.74) is 10.6. The SMILES string of the molecule is Cc1ccc(C(CN)Oc2cccc(C)c2C)cc1. The molecular weight excluding hydrogens is 234 g/mol. The van der Waals surface area contributed by atoms with Gasteiger partial charge in [0.2, 0.25) is 0 Å². The molecule has 0 fully saturated rings. The van der Waals surface area contributed by atoms with Gasteiger partial charge < -0.3 is 10.5 Å². The van der Waals surface area contributed by atoms with Crippen LogP contribution in [0.4, 0.5) is 0 Å². The van der Waals surface area contributed by atoms with Crippen molar-refractivity contribution in [2.24, 2.45) is 5.73 Å². The number of nitrogens with two attached hydrogens (primary N) is 1. The van der Waals surface area contributed by atoms with Crippen LogP contribution in [0.5, 0.6) is 5.75 Å². The molecule has 2 rings (SSSR count). The van der Waals surface area contributed by atoms with Gasteiger partial charge in [0.25, 0.3) is 0 Å². The van der Waals surface area contributed by atoms with Gasteiger partial charge in [-0.05, 0) is 43.5 Å². The van der Waals surface area contributed by atoms with Gasteiger partial charge in [-0.25, -0.2) is 0 Å². The van der Waals surface area contributed by atoms with Gasteiger partial charge in [-0.3, -0.25) is 0 Å². The number of ether oxygens (including phenoxy) is 1. The zero-order valence-electron chi connectivity index (χ0n) is 11.8. The van der Waals surface area contributed by atoms with Crippen molar-refractivity contribution in [3.8, 4) is 5.75 Å². The monoisotopic (exact) mass is 255 g/mol. The van der Waals surface area contributed by atoms with E-state index in [9.17, 15) is 0 Å². The predicted molar refractivity (Wildman–Crippen MR) is 79.5 cm³/mol. The summed E-state index contributed by atoms with van der Waals surface area (Å²) < 4.78 is 6.08. The lowest BCUT2D eigenvalue weighted by Gasteiger charge is -2.20. The molecule has 2 aromatic carbocycles. The second kappa shape index (κ2) is 5.89. The summed E-state index contributed by atoms with van der Waals surface area (Å²) in [6, 6.07) is 14.4. The van der Waals surface area contributed by atoms with Crippen molar-refractivity contribution in [3.63, 3.8) is 0 Å². The highest BCUT2D eigenvalue weighted by molar-refractivity contribution is 5.39. The van der Waals surface area contributed by atoms with Crippen LogP contribution in [-0.2, 0) is 0 Å². The fourth-order valence-corrected chi connectivity index (χ4v) is 2.04. The number of rotatable bonds is 4. The van der Waals surface area contributed by atoms with E-state index >= 15 is 0 Å². The Labute approximate surface area is 115 Å². The molecule has 0 aromatic heterocycles. The zero-order valence-corrected chi connectivity index (χ0v) is 11.8. The van der Waals surface area contributed by atoms with Gasteiger partial charge in [0.15, 0.2) is 0 Å². The molecule has 0 heterocycles. The van der Waals surface area contributed by atoms with E-state index in [1.165, 1.54) is 16.7 Å². The van der Waals surface area contributed by atoms with Crippen LogP contribution in [0, 0.1) is 20.8 Å². The molecule has 2 heteroatoms. The standard InChI is InChI=1S/C17H21NO/c1-12-7-9-15(10-8-12)17(11-18)19-16-6-4-5-13(2)14(16)3/h4-10,17H,11,18H2,1-3H3. The highest BCUT2D eigenvalue weighted by atomic mass is 16.5. The van der Waals surface area contributed by atoms with Gasteiger partial charge in [-0.15, -0.1) is 0 Å². The Kier molecular flexibility index (Phi) is 4.23. The molecule has 2 N–H and O–H groups in total. The Balaban J connectivity index is 2.24. The molecule has 0 aliphatic heterocycles. The summed E-state index contributed by atoms with van der Waals surface area (Å²) >= 11 is 0. The van der Waals surface area contributed by atoms with Gasteiger partial charge in [0.05, 0.1) is 0 Å². The van der Waals surface area contributed by atoms with E-state index in [1.807, 2.05) is 12.1 Å². The Bertz CT molecular complexity index is 546. The van der Waals surface area contributed by atoms with E-state index < -0.39 is 0 Å². The molecule has 19 heavy (non-hydrogen) atoms. The molecule has 0 saturated carbocycles. The van der Waals surface area contributed by atoms with Crippen LogP contribution in [0.2, 0.25) is 0 Å². The summed E-state index contributed by atoms with van der Waals surface area (Å²) in [5, 5.41) is 0. The third-order valence-electron chi connectivity index (χ3n) is 3.49. The molecule has 0 bridgehead atoms. The Morgan fingerprint density at radius 3 is 2.32 bits per heavy atom. The van der Waals surface area contributed by atoms with E-state index in [2.05, 4.69) is 51.1 Å². The average molecular weight is 255 g/mol. The fourth-order valence-electron chi connectivity index (χ4n) is 2.04. The molecule has 0 aliphatic carbocycles. The van der Waals surface area contributed by atoms with Crippen molar-refractivity contribution in [3.05, 3.63) is 64.7 Å². The maximum absolute atomic E-state index is 6.08. The number of hydrogen-bond acceptors (Lipinski definition) is 2. The smallest absolute Gasteiger partial charge is 0.136 e. The number of aryl methyl sites for hydroxylation is 2. The number of hydrogen-bond donors (Lipinski definition) is 1. The molecule has 1 unspecified atom stereocenters. The van der Waals surface area contributed by atoms with Crippen molar-refractivity contribution >= 4 is 0 Å². The highest BCUT2D eigenvalue weighted by Crippen LogP contribution is 2.26. The van der Waals surface area contributed by atoms with Crippen LogP contribution in [0.25, 0.3) is 0 Å². The predicted octanol–water partition coefficient (Wildman–Crippen LogP) is 3.69. The van der Waals surface area contributed by atoms with Crippen LogP contribution in [0.15, 0.2) is 42.5 Å². The lowest BCUT2D eigenvalue weighted by atomic mass is 10.1. The van der Waals surface area contributed by atoms with Crippen molar-refractivity contribution < 1.29 is 4.74 Å². The molecule has 0 aliphatic rings. The minimum Gasteiger partial charge on any atom is -0.484 e.